The summed E-state index contributed by atoms with van der Waals surface area (Å²) >= 11 is 0. The molecule has 63 heavy (non-hydrogen) atoms. The number of ketones is 1. The molecule has 0 unspecified atom stereocenters. The minimum Gasteiger partial charge on any atom is -0.467 e. The predicted octanol–water partition coefficient (Wildman–Crippen LogP) is 7.79. The molecule has 1 saturated heterocycles. The summed E-state index contributed by atoms with van der Waals surface area (Å²) in [7, 11) is 1.15. The number of esters is 5. The van der Waals surface area contributed by atoms with Gasteiger partial charge in [-0.25, -0.2) is 4.79 Å². The molecule has 0 bridgehead atoms. The van der Waals surface area contributed by atoms with Crippen LogP contribution in [0.2, 0.25) is 0 Å². The van der Waals surface area contributed by atoms with E-state index in [9.17, 15) is 24.0 Å². The number of fused-ring (bicyclic) bond motifs is 7. The molecule has 13 nitrogen and oxygen atoms in total. The van der Waals surface area contributed by atoms with Gasteiger partial charge in [0.05, 0.1) is 18.6 Å². The largest absolute Gasteiger partial charge is 0.467 e. The van der Waals surface area contributed by atoms with E-state index in [2.05, 4.69) is 41.5 Å². The zero-order valence-corrected chi connectivity index (χ0v) is 39.0. The first-order valence-corrected chi connectivity index (χ1v) is 22.8. The fraction of sp³-hybridized carbons (Fsp3) is 0.720. The minimum absolute atomic E-state index is 0.0146. The predicted molar refractivity (Wildman–Crippen MR) is 228 cm³/mol. The Morgan fingerprint density at radius 1 is 0.746 bits per heavy atom. The van der Waals surface area contributed by atoms with Crippen LogP contribution < -0.4 is 0 Å². The number of rotatable bonds is 9. The van der Waals surface area contributed by atoms with Crippen molar-refractivity contribution in [3.63, 3.8) is 0 Å². The van der Waals surface area contributed by atoms with Crippen molar-refractivity contribution in [2.75, 3.05) is 7.11 Å². The van der Waals surface area contributed by atoms with Crippen LogP contribution in [0.25, 0.3) is 0 Å². The van der Waals surface area contributed by atoms with E-state index in [-0.39, 0.29) is 52.4 Å². The summed E-state index contributed by atoms with van der Waals surface area (Å²) in [5.74, 6) is -3.37. The average Bonchev–Trinajstić information content (AvgIpc) is 3.20. The highest BCUT2D eigenvalue weighted by molar-refractivity contribution is 5.95. The number of methoxy groups -OCH3 is 1. The Kier molecular flexibility index (Phi) is 12.4. The van der Waals surface area contributed by atoms with Crippen LogP contribution in [-0.4, -0.2) is 79.5 Å². The Labute approximate surface area is 372 Å². The highest BCUT2D eigenvalue weighted by atomic mass is 16.7. The monoisotopic (exact) mass is 876 g/mol. The third-order valence-electron chi connectivity index (χ3n) is 17.4. The first-order chi connectivity index (χ1) is 29.4. The molecule has 13 heteroatoms. The standard InChI is InChI=1S/C50H68O13/c1-28(51)59-37-38(60-29(2)52)40(61-30(3)53)43(63-39(37)42(55)57-11)62-36-18-19-48(8)35(45(36,4)5)17-20-50(10)41(48)34(54)25-32-33-26-47(7,22-21-46(33,6)23-24-49(32,50)9)44(56)58-27-31-15-13-12-14-16-31/h12-16,25,33,35-41,43H,17-24,26-27H2,1-11H3/t33-,35-,36-,37-,38-,39-,40+,41+,43+,46+,47-,48-,49+,50+/m0/s1. The second-order valence-corrected chi connectivity index (χ2v) is 21.5. The molecule has 0 aromatic heterocycles. The summed E-state index contributed by atoms with van der Waals surface area (Å²) in [5, 5.41) is 0. The lowest BCUT2D eigenvalue weighted by Crippen LogP contribution is -2.68. The number of carbonyl (C=O) groups excluding carboxylic acids is 6. The maximum absolute atomic E-state index is 15.2. The quantitative estimate of drug-likeness (QED) is 0.134. The first-order valence-electron chi connectivity index (χ1n) is 22.8. The molecule has 1 aromatic rings. The molecule has 6 aliphatic rings. The molecular formula is C50H68O13. The highest BCUT2D eigenvalue weighted by Gasteiger charge is 2.71. The van der Waals surface area contributed by atoms with Crippen molar-refractivity contribution in [3.8, 4) is 0 Å². The van der Waals surface area contributed by atoms with Gasteiger partial charge in [-0.15, -0.1) is 0 Å². The molecule has 1 aliphatic heterocycles. The summed E-state index contributed by atoms with van der Waals surface area (Å²) in [6.45, 7) is 19.4. The summed E-state index contributed by atoms with van der Waals surface area (Å²) in [5.41, 5.74) is -0.140. The Balaban J connectivity index is 1.17. The Morgan fingerprint density at radius 3 is 2.00 bits per heavy atom. The van der Waals surface area contributed by atoms with Gasteiger partial charge in [-0.1, -0.05) is 77.4 Å². The third kappa shape index (κ3) is 7.95. The van der Waals surface area contributed by atoms with Gasteiger partial charge < -0.3 is 33.2 Å². The van der Waals surface area contributed by atoms with E-state index in [0.717, 1.165) is 65.0 Å². The van der Waals surface area contributed by atoms with Gasteiger partial charge in [0.2, 0.25) is 0 Å². The molecule has 0 N–H and O–H groups in total. The molecule has 5 fully saturated rings. The SMILES string of the molecule is COC(=O)[C@H]1O[C@@H](O[C@H]2CC[C@]3(C)[C@H]4C(=O)C=C5[C@@H]6C[C@@](C)(C(=O)OCc7ccccc7)CC[C@]6(C)CC[C@@]5(C)[C@]4(C)CC[C@H]3C2(C)C)[C@H](OC(C)=O)[C@@H](OC(C)=O)[C@@H]1OC(C)=O. The first kappa shape index (κ1) is 46.9. The van der Waals surface area contributed by atoms with Crippen molar-refractivity contribution >= 4 is 35.6 Å². The molecular weight excluding hydrogens is 809 g/mol. The molecule has 0 spiro atoms. The van der Waals surface area contributed by atoms with Crippen LogP contribution in [0.1, 0.15) is 133 Å². The van der Waals surface area contributed by atoms with Gasteiger partial charge in [0.1, 0.15) is 6.61 Å². The van der Waals surface area contributed by atoms with Crippen LogP contribution in [0.5, 0.6) is 0 Å². The molecule has 1 heterocycles. The average molecular weight is 877 g/mol. The maximum atomic E-state index is 15.2. The van der Waals surface area contributed by atoms with Gasteiger partial charge >= 0.3 is 29.8 Å². The van der Waals surface area contributed by atoms with E-state index in [1.54, 1.807) is 0 Å². The van der Waals surface area contributed by atoms with Crippen molar-refractivity contribution in [2.45, 2.75) is 170 Å². The molecule has 1 aromatic carbocycles. The minimum atomic E-state index is -1.56. The van der Waals surface area contributed by atoms with Crippen LogP contribution in [0.3, 0.4) is 0 Å². The molecule has 0 radical (unpaired) electrons. The molecule has 14 atom stereocenters. The van der Waals surface area contributed by atoms with Gasteiger partial charge in [0, 0.05) is 26.7 Å². The highest BCUT2D eigenvalue weighted by Crippen LogP contribution is 2.75. The molecule has 4 saturated carbocycles. The number of allylic oxidation sites excluding steroid dienone is 2. The molecule has 346 valence electrons. The number of ether oxygens (including phenoxy) is 7. The van der Waals surface area contributed by atoms with Crippen LogP contribution in [0, 0.1) is 50.2 Å². The van der Waals surface area contributed by atoms with E-state index in [0.29, 0.717) is 19.3 Å². The number of benzene rings is 1. The lowest BCUT2D eigenvalue weighted by atomic mass is 9.33. The van der Waals surface area contributed by atoms with E-state index in [1.165, 1.54) is 12.5 Å². The smallest absolute Gasteiger partial charge is 0.339 e. The van der Waals surface area contributed by atoms with Crippen LogP contribution in [0.15, 0.2) is 42.0 Å². The van der Waals surface area contributed by atoms with Gasteiger partial charge in [-0.05, 0) is 115 Å². The zero-order chi connectivity index (χ0) is 46.1. The molecule has 7 rings (SSSR count). The van der Waals surface area contributed by atoms with Crippen molar-refractivity contribution in [1.29, 1.82) is 0 Å². The van der Waals surface area contributed by atoms with E-state index >= 15 is 4.79 Å². The second-order valence-electron chi connectivity index (χ2n) is 21.5. The van der Waals surface area contributed by atoms with E-state index in [1.807, 2.05) is 43.3 Å². The summed E-state index contributed by atoms with van der Waals surface area (Å²) in [6.07, 6.45) is 1.24. The van der Waals surface area contributed by atoms with Gasteiger partial charge in [-0.3, -0.25) is 24.0 Å². The van der Waals surface area contributed by atoms with Crippen LogP contribution in [-0.2, 0) is 68.5 Å². The molecule has 0 amide bonds. The summed E-state index contributed by atoms with van der Waals surface area (Å²) in [4.78, 5) is 79.5. The Morgan fingerprint density at radius 2 is 1.37 bits per heavy atom. The maximum Gasteiger partial charge on any atom is 0.339 e. The normalized spacial score (nSPS) is 41.5. The second kappa shape index (κ2) is 16.7. The van der Waals surface area contributed by atoms with Gasteiger partial charge in [0.15, 0.2) is 36.5 Å². The molecule has 5 aliphatic carbocycles. The lowest BCUT2D eigenvalue weighted by Gasteiger charge is -2.70. The fourth-order valence-corrected chi connectivity index (χ4v) is 13.8. The number of carbonyl (C=O) groups is 6. The van der Waals surface area contributed by atoms with Crippen LogP contribution in [0.4, 0.5) is 0 Å². The van der Waals surface area contributed by atoms with Crippen molar-refractivity contribution in [3.05, 3.63) is 47.5 Å². The fourth-order valence-electron chi connectivity index (χ4n) is 13.8. The van der Waals surface area contributed by atoms with Crippen LogP contribution >= 0.6 is 0 Å². The summed E-state index contributed by atoms with van der Waals surface area (Å²) in [6, 6.07) is 9.76. The Hall–Kier alpha value is -4.10. The van der Waals surface area contributed by atoms with Gasteiger partial charge in [-0.2, -0.15) is 0 Å². The van der Waals surface area contributed by atoms with Crippen molar-refractivity contribution in [2.24, 2.45) is 50.2 Å². The third-order valence-corrected chi connectivity index (χ3v) is 17.4. The number of hydrogen-bond acceptors (Lipinski definition) is 13. The summed E-state index contributed by atoms with van der Waals surface area (Å²) < 4.78 is 40.8. The zero-order valence-electron chi connectivity index (χ0n) is 39.0. The topological polar surface area (TPSA) is 167 Å². The van der Waals surface area contributed by atoms with E-state index in [4.69, 9.17) is 33.2 Å². The Bertz CT molecular complexity index is 2030. The number of hydrogen-bond donors (Lipinski definition) is 0. The van der Waals surface area contributed by atoms with Crippen molar-refractivity contribution < 1.29 is 61.9 Å². The van der Waals surface area contributed by atoms with Crippen molar-refractivity contribution in [1.82, 2.24) is 0 Å². The lowest BCUT2D eigenvalue weighted by molar-refractivity contribution is -0.326. The van der Waals surface area contributed by atoms with Gasteiger partial charge in [0.25, 0.3) is 0 Å². The van der Waals surface area contributed by atoms with E-state index < -0.39 is 76.9 Å².